The van der Waals surface area contributed by atoms with Gasteiger partial charge in [-0.1, -0.05) is 0 Å². The normalized spacial score (nSPS) is 14.6. The number of aryl methyl sites for hydroxylation is 2. The van der Waals surface area contributed by atoms with Crippen LogP contribution in [0.25, 0.3) is 10.2 Å². The topological polar surface area (TPSA) is 47.0 Å². The molecule has 0 fully saturated rings. The Labute approximate surface area is 117 Å². The monoisotopic (exact) mass is 277 g/mol. The zero-order valence-electron chi connectivity index (χ0n) is 11.5. The largest absolute Gasteiger partial charge is 0.374 e. The number of hydrogen-bond donors (Lipinski definition) is 1. The summed E-state index contributed by atoms with van der Waals surface area (Å²) in [5.41, 5.74) is 1.47. The van der Waals surface area contributed by atoms with Gasteiger partial charge in [-0.2, -0.15) is 0 Å². The van der Waals surface area contributed by atoms with E-state index in [2.05, 4.69) is 15.3 Å². The number of nitrogens with one attached hydrogen (secondary N) is 1. The van der Waals surface area contributed by atoms with E-state index in [0.717, 1.165) is 22.9 Å². The number of hydrogen-bond acceptors (Lipinski definition) is 5. The molecular weight excluding hydrogens is 258 g/mol. The minimum atomic E-state index is 0.490. The minimum absolute atomic E-state index is 0.490. The van der Waals surface area contributed by atoms with Gasteiger partial charge >= 0.3 is 0 Å². The summed E-state index contributed by atoms with van der Waals surface area (Å²) in [5, 5.41) is 4.46. The van der Waals surface area contributed by atoms with Gasteiger partial charge < -0.3 is 10.1 Å². The Morgan fingerprint density at radius 2 is 2.11 bits per heavy atom. The van der Waals surface area contributed by atoms with Crippen LogP contribution in [0.2, 0.25) is 0 Å². The molecule has 102 valence electrons. The molecule has 3 rings (SSSR count). The standard InChI is InChI=1S/C14H19N3OS/c1-3-18-8-11-16-13(15-2)12-9-6-4-5-7-10(9)19-14(12)17-11/h3-8H2,1-2H3,(H,15,16,17). The first-order valence-corrected chi connectivity index (χ1v) is 7.71. The van der Waals surface area contributed by atoms with E-state index in [0.29, 0.717) is 13.2 Å². The number of anilines is 1. The van der Waals surface area contributed by atoms with E-state index in [9.17, 15) is 0 Å². The molecule has 0 bridgehead atoms. The highest BCUT2D eigenvalue weighted by Crippen LogP contribution is 2.38. The third-order valence-corrected chi connectivity index (χ3v) is 4.72. The number of rotatable bonds is 4. The molecule has 2 aromatic heterocycles. The second-order valence-electron chi connectivity index (χ2n) is 4.77. The highest BCUT2D eigenvalue weighted by Gasteiger charge is 2.20. The lowest BCUT2D eigenvalue weighted by molar-refractivity contribution is 0.128. The summed E-state index contributed by atoms with van der Waals surface area (Å²) in [5.74, 6) is 1.73. The van der Waals surface area contributed by atoms with Crippen LogP contribution < -0.4 is 5.32 Å². The van der Waals surface area contributed by atoms with E-state index in [4.69, 9.17) is 4.74 Å². The molecular formula is C14H19N3OS. The lowest BCUT2D eigenvalue weighted by Gasteiger charge is -2.12. The van der Waals surface area contributed by atoms with E-state index in [1.54, 1.807) is 0 Å². The molecule has 4 nitrogen and oxygen atoms in total. The van der Waals surface area contributed by atoms with Crippen molar-refractivity contribution in [2.24, 2.45) is 0 Å². The van der Waals surface area contributed by atoms with Crippen LogP contribution in [0.3, 0.4) is 0 Å². The van der Waals surface area contributed by atoms with Crippen molar-refractivity contribution >= 4 is 27.4 Å². The Morgan fingerprint density at radius 3 is 2.89 bits per heavy atom. The van der Waals surface area contributed by atoms with Crippen LogP contribution in [-0.2, 0) is 24.2 Å². The number of fused-ring (bicyclic) bond motifs is 3. The van der Waals surface area contributed by atoms with Crippen molar-refractivity contribution < 1.29 is 4.74 Å². The first kappa shape index (κ1) is 12.8. The van der Waals surface area contributed by atoms with Crippen molar-refractivity contribution in [3.05, 3.63) is 16.3 Å². The fourth-order valence-electron chi connectivity index (χ4n) is 2.64. The van der Waals surface area contributed by atoms with Gasteiger partial charge in [0, 0.05) is 18.5 Å². The van der Waals surface area contributed by atoms with E-state index in [1.807, 2.05) is 25.3 Å². The smallest absolute Gasteiger partial charge is 0.158 e. The van der Waals surface area contributed by atoms with Crippen LogP contribution in [0.1, 0.15) is 36.0 Å². The van der Waals surface area contributed by atoms with Crippen molar-refractivity contribution in [1.82, 2.24) is 9.97 Å². The highest BCUT2D eigenvalue weighted by atomic mass is 32.1. The minimum Gasteiger partial charge on any atom is -0.374 e. The predicted octanol–water partition coefficient (Wildman–Crippen LogP) is 3.15. The van der Waals surface area contributed by atoms with Gasteiger partial charge in [-0.3, -0.25) is 0 Å². The molecule has 0 saturated heterocycles. The summed E-state index contributed by atoms with van der Waals surface area (Å²) in [7, 11) is 1.93. The van der Waals surface area contributed by atoms with Crippen molar-refractivity contribution in [1.29, 1.82) is 0 Å². The lowest BCUT2D eigenvalue weighted by atomic mass is 9.97. The van der Waals surface area contributed by atoms with E-state index in [-0.39, 0.29) is 0 Å². The molecule has 19 heavy (non-hydrogen) atoms. The summed E-state index contributed by atoms with van der Waals surface area (Å²) in [4.78, 5) is 11.9. The molecule has 1 aliphatic carbocycles. The van der Waals surface area contributed by atoms with Crippen LogP contribution in [0.4, 0.5) is 5.82 Å². The van der Waals surface area contributed by atoms with Gasteiger partial charge in [0.05, 0.1) is 5.39 Å². The summed E-state index contributed by atoms with van der Waals surface area (Å²) >= 11 is 1.83. The fourth-order valence-corrected chi connectivity index (χ4v) is 3.92. The highest BCUT2D eigenvalue weighted by molar-refractivity contribution is 7.19. The maximum atomic E-state index is 5.42. The molecule has 0 aromatic carbocycles. The average molecular weight is 277 g/mol. The van der Waals surface area contributed by atoms with Gasteiger partial charge in [0.25, 0.3) is 0 Å². The molecule has 1 aliphatic rings. The van der Waals surface area contributed by atoms with Crippen LogP contribution in [0.5, 0.6) is 0 Å². The van der Waals surface area contributed by atoms with Gasteiger partial charge in [-0.15, -0.1) is 11.3 Å². The van der Waals surface area contributed by atoms with Gasteiger partial charge in [-0.05, 0) is 38.2 Å². The second kappa shape index (κ2) is 5.43. The average Bonchev–Trinajstić information content (AvgIpc) is 2.82. The molecule has 0 atom stereocenters. The Bertz CT molecular complexity index is 594. The van der Waals surface area contributed by atoms with E-state index < -0.39 is 0 Å². The van der Waals surface area contributed by atoms with Crippen LogP contribution in [0, 0.1) is 0 Å². The van der Waals surface area contributed by atoms with Gasteiger partial charge in [0.2, 0.25) is 0 Å². The third kappa shape index (κ3) is 2.32. The number of aromatic nitrogens is 2. The Balaban J connectivity index is 2.11. The van der Waals surface area contributed by atoms with Gasteiger partial charge in [0.1, 0.15) is 17.3 Å². The Hall–Kier alpha value is -1.20. The van der Waals surface area contributed by atoms with Gasteiger partial charge in [-0.25, -0.2) is 9.97 Å². The molecule has 0 amide bonds. The van der Waals surface area contributed by atoms with Crippen molar-refractivity contribution in [3.8, 4) is 0 Å². The first-order chi connectivity index (χ1) is 9.33. The maximum absolute atomic E-state index is 5.42. The molecule has 0 saturated carbocycles. The van der Waals surface area contributed by atoms with E-state index in [1.165, 1.54) is 35.1 Å². The Morgan fingerprint density at radius 1 is 1.26 bits per heavy atom. The third-order valence-electron chi connectivity index (χ3n) is 3.53. The zero-order chi connectivity index (χ0) is 13.2. The molecule has 2 aromatic rings. The fraction of sp³-hybridized carbons (Fsp3) is 0.571. The molecule has 0 unspecified atom stereocenters. The lowest BCUT2D eigenvalue weighted by Crippen LogP contribution is -2.04. The molecule has 0 aliphatic heterocycles. The predicted molar refractivity (Wildman–Crippen MR) is 78.9 cm³/mol. The summed E-state index contributed by atoms with van der Waals surface area (Å²) in [6, 6.07) is 0. The van der Waals surface area contributed by atoms with Crippen molar-refractivity contribution in [2.45, 2.75) is 39.2 Å². The molecule has 5 heteroatoms. The van der Waals surface area contributed by atoms with Crippen molar-refractivity contribution in [3.63, 3.8) is 0 Å². The summed E-state index contributed by atoms with van der Waals surface area (Å²) < 4.78 is 5.42. The Kier molecular flexibility index (Phi) is 3.66. The zero-order valence-corrected chi connectivity index (χ0v) is 12.3. The first-order valence-electron chi connectivity index (χ1n) is 6.90. The molecule has 0 radical (unpaired) electrons. The van der Waals surface area contributed by atoms with Crippen LogP contribution in [0.15, 0.2) is 0 Å². The summed E-state index contributed by atoms with van der Waals surface area (Å²) in [6.07, 6.45) is 4.94. The quantitative estimate of drug-likeness (QED) is 0.932. The maximum Gasteiger partial charge on any atom is 0.158 e. The SMILES string of the molecule is CCOCc1nc(NC)c2c3c(sc2n1)CCCC3. The number of thiophene rings is 1. The summed E-state index contributed by atoms with van der Waals surface area (Å²) in [6.45, 7) is 3.17. The second-order valence-corrected chi connectivity index (χ2v) is 5.85. The van der Waals surface area contributed by atoms with Crippen LogP contribution >= 0.6 is 11.3 Å². The van der Waals surface area contributed by atoms with E-state index >= 15 is 0 Å². The molecule has 0 spiro atoms. The molecule has 1 N–H and O–H groups in total. The number of ether oxygens (including phenoxy) is 1. The van der Waals surface area contributed by atoms with Crippen LogP contribution in [-0.4, -0.2) is 23.6 Å². The van der Waals surface area contributed by atoms with Gasteiger partial charge in [0.15, 0.2) is 5.82 Å². The molecule has 2 heterocycles. The van der Waals surface area contributed by atoms with Crippen molar-refractivity contribution in [2.75, 3.05) is 19.0 Å². The number of nitrogens with zero attached hydrogens (tertiary/aromatic N) is 2.